The molecular weight excluding hydrogens is 364 g/mol. The molecule has 0 fully saturated rings. The molecule has 138 valence electrons. The maximum Gasteiger partial charge on any atom is 0.226 e. The van der Waals surface area contributed by atoms with E-state index < -0.39 is 0 Å². The summed E-state index contributed by atoms with van der Waals surface area (Å²) in [5.74, 6) is -0.0100. The summed E-state index contributed by atoms with van der Waals surface area (Å²) in [7, 11) is 0. The average molecular weight is 385 g/mol. The molecular formula is C24H20N2OS. The number of nitrogens with one attached hydrogen (secondary N) is 1. The molecule has 0 saturated carbocycles. The van der Waals surface area contributed by atoms with Gasteiger partial charge in [0.25, 0.3) is 0 Å². The second-order valence-electron chi connectivity index (χ2n) is 6.52. The minimum Gasteiger partial charge on any atom is -0.302 e. The third kappa shape index (κ3) is 4.53. The summed E-state index contributed by atoms with van der Waals surface area (Å²) >= 11 is 1.45. The summed E-state index contributed by atoms with van der Waals surface area (Å²) in [5.41, 5.74) is 5.45. The standard InChI is InChI=1S/C24H20N2OS/c27-23(16-11-18-7-3-1-4-8-18)26-24-25-22(17-28-24)21-14-12-20(13-15-21)19-9-5-2-6-10-19/h1-10,12-15,17H,11,16H2,(H,25,26,27). The van der Waals surface area contributed by atoms with Crippen LogP contribution in [0.5, 0.6) is 0 Å². The number of rotatable bonds is 6. The van der Waals surface area contributed by atoms with Crippen molar-refractivity contribution in [1.29, 1.82) is 0 Å². The molecule has 1 aromatic heterocycles. The van der Waals surface area contributed by atoms with E-state index in [-0.39, 0.29) is 5.91 Å². The van der Waals surface area contributed by atoms with Crippen LogP contribution < -0.4 is 5.32 Å². The van der Waals surface area contributed by atoms with Crippen LogP contribution in [0.4, 0.5) is 5.13 Å². The van der Waals surface area contributed by atoms with E-state index in [4.69, 9.17) is 0 Å². The van der Waals surface area contributed by atoms with Crippen molar-refractivity contribution >= 4 is 22.4 Å². The summed E-state index contributed by atoms with van der Waals surface area (Å²) in [6.07, 6.45) is 1.18. The van der Waals surface area contributed by atoms with Gasteiger partial charge in [-0.15, -0.1) is 11.3 Å². The Labute approximate surface area is 168 Å². The van der Waals surface area contributed by atoms with Gasteiger partial charge < -0.3 is 5.32 Å². The summed E-state index contributed by atoms with van der Waals surface area (Å²) in [6, 6.07) is 28.7. The molecule has 0 spiro atoms. The van der Waals surface area contributed by atoms with E-state index in [0.29, 0.717) is 11.6 Å². The van der Waals surface area contributed by atoms with Crippen molar-refractivity contribution in [3.63, 3.8) is 0 Å². The number of aromatic nitrogens is 1. The van der Waals surface area contributed by atoms with Crippen LogP contribution >= 0.6 is 11.3 Å². The zero-order chi connectivity index (χ0) is 19.2. The van der Waals surface area contributed by atoms with Crippen LogP contribution in [0.15, 0.2) is 90.3 Å². The third-order valence-electron chi connectivity index (χ3n) is 4.52. The molecule has 4 aromatic rings. The smallest absolute Gasteiger partial charge is 0.226 e. The highest BCUT2D eigenvalue weighted by Gasteiger charge is 2.09. The first kappa shape index (κ1) is 18.1. The van der Waals surface area contributed by atoms with Crippen LogP contribution in [0, 0.1) is 0 Å². The second kappa shape index (κ2) is 8.63. The lowest BCUT2D eigenvalue weighted by Gasteiger charge is -2.03. The van der Waals surface area contributed by atoms with Crippen molar-refractivity contribution in [2.75, 3.05) is 5.32 Å². The number of nitrogens with zero attached hydrogens (tertiary/aromatic N) is 1. The fraction of sp³-hybridized carbons (Fsp3) is 0.0833. The number of thiazole rings is 1. The van der Waals surface area contributed by atoms with Crippen LogP contribution in [0.2, 0.25) is 0 Å². The molecule has 1 amide bonds. The highest BCUT2D eigenvalue weighted by Crippen LogP contribution is 2.27. The van der Waals surface area contributed by atoms with Gasteiger partial charge in [0.15, 0.2) is 5.13 Å². The Morgan fingerprint density at radius 2 is 1.39 bits per heavy atom. The van der Waals surface area contributed by atoms with Crippen LogP contribution in [0.1, 0.15) is 12.0 Å². The summed E-state index contributed by atoms with van der Waals surface area (Å²) in [5, 5.41) is 5.52. The first-order valence-electron chi connectivity index (χ1n) is 9.23. The van der Waals surface area contributed by atoms with E-state index in [2.05, 4.69) is 46.7 Å². The number of hydrogen-bond donors (Lipinski definition) is 1. The van der Waals surface area contributed by atoms with Gasteiger partial charge in [0, 0.05) is 17.4 Å². The molecule has 0 aliphatic rings. The van der Waals surface area contributed by atoms with Crippen molar-refractivity contribution < 1.29 is 4.79 Å². The molecule has 4 rings (SSSR count). The average Bonchev–Trinajstić information content (AvgIpc) is 3.22. The van der Waals surface area contributed by atoms with Crippen LogP contribution in [0.3, 0.4) is 0 Å². The third-order valence-corrected chi connectivity index (χ3v) is 5.28. The SMILES string of the molecule is O=C(CCc1ccccc1)Nc1nc(-c2ccc(-c3ccccc3)cc2)cs1. The molecule has 3 nitrogen and oxygen atoms in total. The summed E-state index contributed by atoms with van der Waals surface area (Å²) in [6.45, 7) is 0. The lowest BCUT2D eigenvalue weighted by molar-refractivity contribution is -0.116. The Morgan fingerprint density at radius 3 is 2.11 bits per heavy atom. The lowest BCUT2D eigenvalue weighted by atomic mass is 10.0. The van der Waals surface area contributed by atoms with E-state index in [1.807, 2.05) is 53.9 Å². The highest BCUT2D eigenvalue weighted by atomic mass is 32.1. The van der Waals surface area contributed by atoms with Crippen LogP contribution in [-0.4, -0.2) is 10.9 Å². The van der Waals surface area contributed by atoms with E-state index in [9.17, 15) is 4.79 Å². The van der Waals surface area contributed by atoms with Gasteiger partial charge in [-0.3, -0.25) is 4.79 Å². The van der Waals surface area contributed by atoms with E-state index in [0.717, 1.165) is 23.2 Å². The molecule has 3 aromatic carbocycles. The maximum absolute atomic E-state index is 12.2. The zero-order valence-corrected chi connectivity index (χ0v) is 16.2. The second-order valence-corrected chi connectivity index (χ2v) is 7.37. The van der Waals surface area contributed by atoms with Gasteiger partial charge in [0.1, 0.15) is 0 Å². The molecule has 1 N–H and O–H groups in total. The molecule has 28 heavy (non-hydrogen) atoms. The van der Waals surface area contributed by atoms with Crippen molar-refractivity contribution in [2.24, 2.45) is 0 Å². The minimum absolute atomic E-state index is 0.0100. The Balaban J connectivity index is 1.38. The van der Waals surface area contributed by atoms with Gasteiger partial charge in [0.2, 0.25) is 5.91 Å². The number of hydrogen-bond acceptors (Lipinski definition) is 3. The first-order valence-corrected chi connectivity index (χ1v) is 10.1. The highest BCUT2D eigenvalue weighted by molar-refractivity contribution is 7.14. The van der Waals surface area contributed by atoms with E-state index in [1.165, 1.54) is 22.5 Å². The molecule has 0 atom stereocenters. The van der Waals surface area contributed by atoms with Gasteiger partial charge in [-0.2, -0.15) is 0 Å². The van der Waals surface area contributed by atoms with Gasteiger partial charge in [0.05, 0.1) is 5.69 Å². The number of aryl methyl sites for hydroxylation is 1. The molecule has 1 heterocycles. The normalized spacial score (nSPS) is 10.6. The number of benzene rings is 3. The molecule has 4 heteroatoms. The van der Waals surface area contributed by atoms with Crippen LogP contribution in [-0.2, 0) is 11.2 Å². The number of carbonyl (C=O) groups excluding carboxylic acids is 1. The zero-order valence-electron chi connectivity index (χ0n) is 15.3. The summed E-state index contributed by atoms with van der Waals surface area (Å²) in [4.78, 5) is 16.8. The molecule has 0 aliphatic heterocycles. The topological polar surface area (TPSA) is 42.0 Å². The van der Waals surface area contributed by atoms with Gasteiger partial charge in [-0.1, -0.05) is 84.9 Å². The predicted molar refractivity (Wildman–Crippen MR) is 116 cm³/mol. The van der Waals surface area contributed by atoms with Gasteiger partial charge in [-0.05, 0) is 23.1 Å². The van der Waals surface area contributed by atoms with Crippen molar-refractivity contribution in [3.05, 3.63) is 95.9 Å². The van der Waals surface area contributed by atoms with Gasteiger partial charge in [-0.25, -0.2) is 4.98 Å². The fourth-order valence-electron chi connectivity index (χ4n) is 3.01. The largest absolute Gasteiger partial charge is 0.302 e. The predicted octanol–water partition coefficient (Wildman–Crippen LogP) is 6.05. The Morgan fingerprint density at radius 1 is 0.786 bits per heavy atom. The molecule has 0 aliphatic carbocycles. The van der Waals surface area contributed by atoms with Crippen molar-refractivity contribution in [3.8, 4) is 22.4 Å². The Kier molecular flexibility index (Phi) is 5.59. The molecule has 0 bridgehead atoms. The maximum atomic E-state index is 12.2. The molecule has 0 saturated heterocycles. The number of anilines is 1. The quantitative estimate of drug-likeness (QED) is 0.440. The Bertz CT molecular complexity index is 1040. The first-order chi connectivity index (χ1) is 13.8. The molecule has 0 unspecified atom stereocenters. The van der Waals surface area contributed by atoms with Gasteiger partial charge >= 0.3 is 0 Å². The fourth-order valence-corrected chi connectivity index (χ4v) is 3.75. The molecule has 0 radical (unpaired) electrons. The van der Waals surface area contributed by atoms with Crippen LogP contribution in [0.25, 0.3) is 22.4 Å². The monoisotopic (exact) mass is 384 g/mol. The van der Waals surface area contributed by atoms with E-state index in [1.54, 1.807) is 0 Å². The van der Waals surface area contributed by atoms with E-state index >= 15 is 0 Å². The Hall–Kier alpha value is -3.24. The lowest BCUT2D eigenvalue weighted by Crippen LogP contribution is -2.12. The number of amides is 1. The van der Waals surface area contributed by atoms with Crippen molar-refractivity contribution in [2.45, 2.75) is 12.8 Å². The number of carbonyl (C=O) groups is 1. The van der Waals surface area contributed by atoms with Crippen molar-refractivity contribution in [1.82, 2.24) is 4.98 Å². The minimum atomic E-state index is -0.0100. The summed E-state index contributed by atoms with van der Waals surface area (Å²) < 4.78 is 0.